The largest absolute Gasteiger partial charge is 0.376 e. The van der Waals surface area contributed by atoms with Crippen LogP contribution in [0, 0.1) is 0 Å². The van der Waals surface area contributed by atoms with Crippen LogP contribution in [0.15, 0.2) is 54.6 Å². The molecule has 2 aromatic rings. The zero-order valence-electron chi connectivity index (χ0n) is 15.6. The van der Waals surface area contributed by atoms with Gasteiger partial charge in [-0.25, -0.2) is 0 Å². The van der Waals surface area contributed by atoms with E-state index in [9.17, 15) is 14.4 Å². The number of nitrogens with one attached hydrogen (secondary N) is 2. The fourth-order valence-corrected chi connectivity index (χ4v) is 3.11. The van der Waals surface area contributed by atoms with E-state index in [4.69, 9.17) is 4.74 Å². The Morgan fingerprint density at radius 3 is 2.46 bits per heavy atom. The Hall–Kier alpha value is -2.99. The highest BCUT2D eigenvalue weighted by Gasteiger charge is 2.18. The normalized spacial score (nSPS) is 15.8. The molecule has 0 saturated carbocycles. The van der Waals surface area contributed by atoms with Crippen LogP contribution in [0.5, 0.6) is 0 Å². The molecule has 0 bridgehead atoms. The number of carbonyl (C=O) groups excluding carboxylic acids is 3. The van der Waals surface area contributed by atoms with Crippen molar-refractivity contribution in [2.75, 3.05) is 18.5 Å². The molecule has 2 amide bonds. The predicted octanol–water partition coefficient (Wildman–Crippen LogP) is 3.20. The van der Waals surface area contributed by atoms with Crippen LogP contribution < -0.4 is 10.6 Å². The molecule has 0 radical (unpaired) electrons. The second-order valence-corrected chi connectivity index (χ2v) is 6.73. The number of rotatable bonds is 8. The van der Waals surface area contributed by atoms with Gasteiger partial charge >= 0.3 is 0 Å². The van der Waals surface area contributed by atoms with Crippen molar-refractivity contribution in [2.45, 2.75) is 31.8 Å². The van der Waals surface area contributed by atoms with E-state index >= 15 is 0 Å². The lowest BCUT2D eigenvalue weighted by Crippen LogP contribution is -2.32. The number of Topliss-reactive ketones (excluding diaryl/α,β-unsaturated/α-hetero) is 1. The van der Waals surface area contributed by atoms with Crippen LogP contribution in [0.4, 0.5) is 5.69 Å². The molecule has 2 aromatic carbocycles. The summed E-state index contributed by atoms with van der Waals surface area (Å²) in [6.45, 7) is 1.18. The first-order valence-corrected chi connectivity index (χ1v) is 9.50. The summed E-state index contributed by atoms with van der Waals surface area (Å²) in [5, 5.41) is 5.60. The standard InChI is InChI=1S/C22H24N2O4/c25-20(16-7-2-1-3-8-16)12-13-21(26)24-19-11-5-4-10-18(19)22(27)23-15-17-9-6-14-28-17/h1-5,7-8,10-11,17H,6,9,12-15H2,(H,23,27)(H,24,26). The molecule has 28 heavy (non-hydrogen) atoms. The fraction of sp³-hybridized carbons (Fsp3) is 0.318. The third kappa shape index (κ3) is 5.50. The minimum atomic E-state index is -0.302. The van der Waals surface area contributed by atoms with Crippen molar-refractivity contribution in [3.63, 3.8) is 0 Å². The highest BCUT2D eigenvalue weighted by atomic mass is 16.5. The first-order valence-electron chi connectivity index (χ1n) is 9.50. The zero-order valence-corrected chi connectivity index (χ0v) is 15.6. The van der Waals surface area contributed by atoms with Gasteiger partial charge in [0.1, 0.15) is 0 Å². The number of ketones is 1. The Bertz CT molecular complexity index is 829. The lowest BCUT2D eigenvalue weighted by atomic mass is 10.1. The Morgan fingerprint density at radius 2 is 1.71 bits per heavy atom. The molecule has 3 rings (SSSR count). The summed E-state index contributed by atoms with van der Waals surface area (Å²) >= 11 is 0. The van der Waals surface area contributed by atoms with Crippen LogP contribution in [-0.2, 0) is 9.53 Å². The zero-order chi connectivity index (χ0) is 19.8. The average molecular weight is 380 g/mol. The molecule has 1 aliphatic heterocycles. The molecule has 2 N–H and O–H groups in total. The third-order valence-electron chi connectivity index (χ3n) is 4.63. The van der Waals surface area contributed by atoms with Crippen LogP contribution in [0.1, 0.15) is 46.4 Å². The van der Waals surface area contributed by atoms with Gasteiger partial charge in [0.25, 0.3) is 5.91 Å². The second-order valence-electron chi connectivity index (χ2n) is 6.73. The Kier molecular flexibility index (Phi) is 6.92. The van der Waals surface area contributed by atoms with E-state index in [-0.39, 0.29) is 36.5 Å². The number of ether oxygens (including phenoxy) is 1. The van der Waals surface area contributed by atoms with Crippen molar-refractivity contribution < 1.29 is 19.1 Å². The fourth-order valence-electron chi connectivity index (χ4n) is 3.11. The molecule has 1 aliphatic rings. The number of carbonyl (C=O) groups is 3. The number of anilines is 1. The van der Waals surface area contributed by atoms with Gasteiger partial charge < -0.3 is 15.4 Å². The number of amides is 2. The summed E-state index contributed by atoms with van der Waals surface area (Å²) in [5.74, 6) is -0.645. The van der Waals surface area contributed by atoms with Gasteiger partial charge in [0, 0.05) is 31.6 Å². The molecule has 1 atom stereocenters. The van der Waals surface area contributed by atoms with Crippen LogP contribution >= 0.6 is 0 Å². The Morgan fingerprint density at radius 1 is 0.964 bits per heavy atom. The van der Waals surface area contributed by atoms with Gasteiger partial charge in [0.15, 0.2) is 5.78 Å². The van der Waals surface area contributed by atoms with Crippen molar-refractivity contribution in [1.29, 1.82) is 0 Å². The SMILES string of the molecule is O=C(CCC(=O)c1ccccc1)Nc1ccccc1C(=O)NCC1CCCO1. The molecule has 1 unspecified atom stereocenters. The van der Waals surface area contributed by atoms with Crippen LogP contribution in [0.2, 0.25) is 0 Å². The summed E-state index contributed by atoms with van der Waals surface area (Å²) < 4.78 is 5.51. The summed E-state index contributed by atoms with van der Waals surface area (Å²) in [4.78, 5) is 36.9. The number of hydrogen-bond donors (Lipinski definition) is 2. The average Bonchev–Trinajstić information content (AvgIpc) is 3.25. The van der Waals surface area contributed by atoms with Crippen molar-refractivity contribution in [2.24, 2.45) is 0 Å². The van der Waals surface area contributed by atoms with E-state index in [0.29, 0.717) is 23.4 Å². The maximum absolute atomic E-state index is 12.5. The minimum absolute atomic E-state index is 0.0507. The van der Waals surface area contributed by atoms with Gasteiger partial charge in [-0.2, -0.15) is 0 Å². The third-order valence-corrected chi connectivity index (χ3v) is 4.63. The molecule has 1 heterocycles. The Labute approximate surface area is 164 Å². The molecule has 1 fully saturated rings. The summed E-state index contributed by atoms with van der Waals surface area (Å²) in [6, 6.07) is 15.7. The second kappa shape index (κ2) is 9.80. The minimum Gasteiger partial charge on any atom is -0.376 e. The van der Waals surface area contributed by atoms with Gasteiger partial charge in [0.2, 0.25) is 5.91 Å². The molecular weight excluding hydrogens is 356 g/mol. The number of benzene rings is 2. The molecule has 0 aliphatic carbocycles. The lowest BCUT2D eigenvalue weighted by Gasteiger charge is -2.13. The first kappa shape index (κ1) is 19.8. The molecule has 0 spiro atoms. The summed E-state index contributed by atoms with van der Waals surface area (Å²) in [6.07, 6.45) is 2.17. The van der Waals surface area contributed by atoms with E-state index in [2.05, 4.69) is 10.6 Å². The van der Waals surface area contributed by atoms with E-state index in [0.717, 1.165) is 19.4 Å². The molecule has 0 aromatic heterocycles. The van der Waals surface area contributed by atoms with Crippen molar-refractivity contribution in [1.82, 2.24) is 5.32 Å². The molecule has 6 nitrogen and oxygen atoms in total. The molecule has 1 saturated heterocycles. The van der Waals surface area contributed by atoms with Crippen molar-refractivity contribution in [3.05, 3.63) is 65.7 Å². The van der Waals surface area contributed by atoms with Gasteiger partial charge in [-0.05, 0) is 25.0 Å². The van der Waals surface area contributed by atoms with Crippen LogP contribution in [-0.4, -0.2) is 36.9 Å². The maximum Gasteiger partial charge on any atom is 0.253 e. The highest BCUT2D eigenvalue weighted by molar-refractivity contribution is 6.05. The first-order chi connectivity index (χ1) is 13.6. The highest BCUT2D eigenvalue weighted by Crippen LogP contribution is 2.17. The van der Waals surface area contributed by atoms with Gasteiger partial charge in [-0.3, -0.25) is 14.4 Å². The van der Waals surface area contributed by atoms with Crippen LogP contribution in [0.25, 0.3) is 0 Å². The maximum atomic E-state index is 12.5. The van der Waals surface area contributed by atoms with Crippen molar-refractivity contribution >= 4 is 23.3 Å². The number of hydrogen-bond acceptors (Lipinski definition) is 4. The molecule has 146 valence electrons. The molecule has 6 heteroatoms. The predicted molar refractivity (Wildman–Crippen MR) is 106 cm³/mol. The van der Waals surface area contributed by atoms with Crippen LogP contribution in [0.3, 0.4) is 0 Å². The summed E-state index contributed by atoms with van der Waals surface area (Å²) in [7, 11) is 0. The number of para-hydroxylation sites is 1. The van der Waals surface area contributed by atoms with Gasteiger partial charge in [-0.1, -0.05) is 42.5 Å². The van der Waals surface area contributed by atoms with E-state index in [1.807, 2.05) is 6.07 Å². The van der Waals surface area contributed by atoms with Gasteiger partial charge in [0.05, 0.1) is 17.4 Å². The van der Waals surface area contributed by atoms with E-state index in [1.54, 1.807) is 48.5 Å². The molecular formula is C22H24N2O4. The van der Waals surface area contributed by atoms with E-state index < -0.39 is 0 Å². The van der Waals surface area contributed by atoms with Crippen molar-refractivity contribution in [3.8, 4) is 0 Å². The van der Waals surface area contributed by atoms with E-state index in [1.165, 1.54) is 0 Å². The Balaban J connectivity index is 1.54. The monoisotopic (exact) mass is 380 g/mol. The summed E-state index contributed by atoms with van der Waals surface area (Å²) in [5.41, 5.74) is 1.41. The smallest absolute Gasteiger partial charge is 0.253 e. The quantitative estimate of drug-likeness (QED) is 0.689. The topological polar surface area (TPSA) is 84.5 Å². The lowest BCUT2D eigenvalue weighted by molar-refractivity contribution is -0.116. The van der Waals surface area contributed by atoms with Gasteiger partial charge in [-0.15, -0.1) is 0 Å².